The highest BCUT2D eigenvalue weighted by Crippen LogP contribution is 2.26. The van der Waals surface area contributed by atoms with Crippen LogP contribution in [-0.2, 0) is 14.8 Å². The Bertz CT molecular complexity index is 986. The molecule has 0 unspecified atom stereocenters. The lowest BCUT2D eigenvalue weighted by Gasteiger charge is -2.28. The summed E-state index contributed by atoms with van der Waals surface area (Å²) in [6.07, 6.45) is 1.11. The summed E-state index contributed by atoms with van der Waals surface area (Å²) in [4.78, 5) is 12.7. The normalized spacial score (nSPS) is 12.5. The van der Waals surface area contributed by atoms with Gasteiger partial charge in [0.2, 0.25) is 15.9 Å². The molecular weight excluding hydrogens is 400 g/mol. The minimum atomic E-state index is -3.64. The first-order valence-electron chi connectivity index (χ1n) is 10.1. The summed E-state index contributed by atoms with van der Waals surface area (Å²) in [5.74, 6) is 0.749. The molecule has 0 bridgehead atoms. The Kier molecular flexibility index (Phi) is 7.89. The number of sulfonamides is 1. The highest BCUT2D eigenvalue weighted by Gasteiger charge is 2.29. The van der Waals surface area contributed by atoms with Gasteiger partial charge >= 0.3 is 0 Å². The lowest BCUT2D eigenvalue weighted by molar-refractivity contribution is -0.121. The fraction of sp³-hybridized carbons (Fsp3) is 0.435. The lowest BCUT2D eigenvalue weighted by Crippen LogP contribution is -2.48. The van der Waals surface area contributed by atoms with Gasteiger partial charge in [0, 0.05) is 0 Å². The molecule has 1 amide bonds. The number of carbonyl (C=O) groups is 1. The first-order valence-corrected chi connectivity index (χ1v) is 11.9. The fourth-order valence-corrected chi connectivity index (χ4v) is 4.41. The summed E-state index contributed by atoms with van der Waals surface area (Å²) in [6.45, 7) is 10.2. The predicted molar refractivity (Wildman–Crippen MR) is 122 cm³/mol. The molecule has 2 aromatic rings. The third-order valence-electron chi connectivity index (χ3n) is 5.03. The number of aryl methyl sites for hydroxylation is 2. The maximum absolute atomic E-state index is 12.7. The lowest BCUT2D eigenvalue weighted by atomic mass is 10.0. The number of nitrogens with zero attached hydrogens (tertiary/aromatic N) is 1. The van der Waals surface area contributed by atoms with E-state index in [-0.39, 0.29) is 12.5 Å². The van der Waals surface area contributed by atoms with Crippen molar-refractivity contribution in [3.05, 3.63) is 59.2 Å². The number of amides is 1. The van der Waals surface area contributed by atoms with Gasteiger partial charge in [-0.15, -0.1) is 0 Å². The second-order valence-corrected chi connectivity index (χ2v) is 9.69. The number of para-hydroxylation sites is 1. The molecule has 0 spiro atoms. The van der Waals surface area contributed by atoms with Crippen LogP contribution >= 0.6 is 0 Å². The summed E-state index contributed by atoms with van der Waals surface area (Å²) in [6, 6.07) is 12.3. The number of anilines is 1. The molecule has 1 atom stereocenters. The minimum absolute atomic E-state index is 0.278. The molecule has 2 aromatic carbocycles. The first-order chi connectivity index (χ1) is 14.0. The van der Waals surface area contributed by atoms with Gasteiger partial charge in [-0.2, -0.15) is 0 Å². The van der Waals surface area contributed by atoms with Crippen LogP contribution in [0, 0.1) is 13.8 Å². The largest absolute Gasteiger partial charge is 0.491 e. The van der Waals surface area contributed by atoms with E-state index in [4.69, 9.17) is 4.74 Å². The zero-order valence-electron chi connectivity index (χ0n) is 18.6. The maximum atomic E-state index is 12.7. The molecule has 0 aliphatic carbocycles. The van der Waals surface area contributed by atoms with E-state index in [0.717, 1.165) is 33.0 Å². The molecule has 0 saturated heterocycles. The SMILES string of the molecule is Cc1ccc(N([C@H](C)C(=O)NCCOc2ccccc2C(C)C)S(C)(=O)=O)cc1C. The smallest absolute Gasteiger partial charge is 0.243 e. The van der Waals surface area contributed by atoms with Gasteiger partial charge in [-0.1, -0.05) is 38.1 Å². The Hall–Kier alpha value is -2.54. The molecule has 0 heterocycles. The number of ether oxygens (including phenoxy) is 1. The van der Waals surface area contributed by atoms with E-state index < -0.39 is 16.1 Å². The van der Waals surface area contributed by atoms with E-state index >= 15 is 0 Å². The summed E-state index contributed by atoms with van der Waals surface area (Å²) in [7, 11) is -3.64. The van der Waals surface area contributed by atoms with Crippen LogP contribution in [0.5, 0.6) is 5.75 Å². The zero-order valence-corrected chi connectivity index (χ0v) is 19.4. The van der Waals surface area contributed by atoms with Gasteiger partial charge in [-0.05, 0) is 61.6 Å². The molecular formula is C23H32N2O4S. The van der Waals surface area contributed by atoms with Gasteiger partial charge in [0.05, 0.1) is 18.5 Å². The minimum Gasteiger partial charge on any atom is -0.491 e. The van der Waals surface area contributed by atoms with Gasteiger partial charge in [0.25, 0.3) is 0 Å². The number of rotatable bonds is 9. The van der Waals surface area contributed by atoms with Crippen molar-refractivity contribution in [2.45, 2.75) is 46.6 Å². The molecule has 2 rings (SSSR count). The van der Waals surface area contributed by atoms with Crippen LogP contribution in [0.2, 0.25) is 0 Å². The van der Waals surface area contributed by atoms with E-state index in [1.807, 2.05) is 44.2 Å². The van der Waals surface area contributed by atoms with Gasteiger partial charge in [0.1, 0.15) is 18.4 Å². The summed E-state index contributed by atoms with van der Waals surface area (Å²) in [5.41, 5.74) is 3.61. The first kappa shape index (κ1) is 23.7. The molecule has 1 N–H and O–H groups in total. The van der Waals surface area contributed by atoms with Crippen molar-refractivity contribution in [1.29, 1.82) is 0 Å². The van der Waals surface area contributed by atoms with Crippen molar-refractivity contribution in [3.63, 3.8) is 0 Å². The molecule has 0 aliphatic rings. The van der Waals surface area contributed by atoms with E-state index in [0.29, 0.717) is 18.2 Å². The Morgan fingerprint density at radius 1 is 1.07 bits per heavy atom. The average Bonchev–Trinajstić information content (AvgIpc) is 2.67. The number of carbonyl (C=O) groups excluding carboxylic acids is 1. The molecule has 0 fully saturated rings. The Labute approximate surface area is 180 Å². The second kappa shape index (κ2) is 9.98. The van der Waals surface area contributed by atoms with Crippen LogP contribution in [0.3, 0.4) is 0 Å². The van der Waals surface area contributed by atoms with Crippen molar-refractivity contribution in [2.24, 2.45) is 0 Å². The van der Waals surface area contributed by atoms with Crippen molar-refractivity contribution < 1.29 is 17.9 Å². The van der Waals surface area contributed by atoms with E-state index in [2.05, 4.69) is 19.2 Å². The van der Waals surface area contributed by atoms with Crippen molar-refractivity contribution in [3.8, 4) is 5.75 Å². The molecule has 7 heteroatoms. The molecule has 6 nitrogen and oxygen atoms in total. The van der Waals surface area contributed by atoms with Gasteiger partial charge in [-0.3, -0.25) is 9.10 Å². The summed E-state index contributed by atoms with van der Waals surface area (Å²) < 4.78 is 31.8. The number of nitrogens with one attached hydrogen (secondary N) is 1. The topological polar surface area (TPSA) is 75.7 Å². The summed E-state index contributed by atoms with van der Waals surface area (Å²) in [5, 5.41) is 2.78. The molecule has 30 heavy (non-hydrogen) atoms. The van der Waals surface area contributed by atoms with Crippen molar-refractivity contribution >= 4 is 21.6 Å². The van der Waals surface area contributed by atoms with Crippen LogP contribution in [0.15, 0.2) is 42.5 Å². The molecule has 164 valence electrons. The number of hydrogen-bond donors (Lipinski definition) is 1. The third kappa shape index (κ3) is 5.98. The van der Waals surface area contributed by atoms with Gasteiger partial charge in [0.15, 0.2) is 0 Å². The van der Waals surface area contributed by atoms with E-state index in [9.17, 15) is 13.2 Å². The standard InChI is InChI=1S/C23H32N2O4S/c1-16(2)21-9-7-8-10-22(21)29-14-13-24-23(26)19(5)25(30(6,27)28)20-12-11-17(3)18(4)15-20/h7-12,15-16,19H,13-14H2,1-6H3,(H,24,26)/t19-/m1/s1. The molecule has 0 aliphatic heterocycles. The third-order valence-corrected chi connectivity index (χ3v) is 6.27. The Balaban J connectivity index is 2.03. The van der Waals surface area contributed by atoms with Crippen LogP contribution in [0.4, 0.5) is 5.69 Å². The summed E-state index contributed by atoms with van der Waals surface area (Å²) >= 11 is 0. The highest BCUT2D eigenvalue weighted by molar-refractivity contribution is 7.92. The van der Waals surface area contributed by atoms with Crippen molar-refractivity contribution in [2.75, 3.05) is 23.7 Å². The second-order valence-electron chi connectivity index (χ2n) is 7.84. The maximum Gasteiger partial charge on any atom is 0.243 e. The van der Waals surface area contributed by atoms with Crippen LogP contribution < -0.4 is 14.4 Å². The molecule has 0 aromatic heterocycles. The van der Waals surface area contributed by atoms with Crippen LogP contribution in [0.1, 0.15) is 43.4 Å². The monoisotopic (exact) mass is 432 g/mol. The fourth-order valence-electron chi connectivity index (χ4n) is 3.24. The van der Waals surface area contributed by atoms with E-state index in [1.54, 1.807) is 19.1 Å². The Morgan fingerprint density at radius 3 is 2.33 bits per heavy atom. The van der Waals surface area contributed by atoms with Crippen LogP contribution in [0.25, 0.3) is 0 Å². The Morgan fingerprint density at radius 2 is 1.73 bits per heavy atom. The molecule has 0 saturated carbocycles. The average molecular weight is 433 g/mol. The van der Waals surface area contributed by atoms with Crippen LogP contribution in [-0.4, -0.2) is 39.8 Å². The quantitative estimate of drug-likeness (QED) is 0.612. The van der Waals surface area contributed by atoms with Gasteiger partial charge < -0.3 is 10.1 Å². The predicted octanol–water partition coefficient (Wildman–Crippen LogP) is 3.78. The van der Waals surface area contributed by atoms with Gasteiger partial charge in [-0.25, -0.2) is 8.42 Å². The molecule has 0 radical (unpaired) electrons. The number of benzene rings is 2. The van der Waals surface area contributed by atoms with Crippen molar-refractivity contribution in [1.82, 2.24) is 5.32 Å². The zero-order chi connectivity index (χ0) is 22.5. The number of hydrogen-bond acceptors (Lipinski definition) is 4. The highest BCUT2D eigenvalue weighted by atomic mass is 32.2. The van der Waals surface area contributed by atoms with E-state index in [1.165, 1.54) is 0 Å².